The van der Waals surface area contributed by atoms with Crippen molar-refractivity contribution in [1.82, 2.24) is 0 Å². The van der Waals surface area contributed by atoms with E-state index in [0.717, 1.165) is 17.2 Å². The molecule has 1 N–H and O–H groups in total. The molecule has 90 valence electrons. The van der Waals surface area contributed by atoms with Crippen molar-refractivity contribution in [2.24, 2.45) is 0 Å². The highest BCUT2D eigenvalue weighted by Crippen LogP contribution is 2.16. The van der Waals surface area contributed by atoms with Crippen molar-refractivity contribution in [2.45, 2.75) is 13.8 Å². The summed E-state index contributed by atoms with van der Waals surface area (Å²) in [5, 5.41) is 8.65. The van der Waals surface area contributed by atoms with Gasteiger partial charge in [-0.25, -0.2) is 4.79 Å². The molecule has 3 heteroatoms. The lowest BCUT2D eigenvalue weighted by molar-refractivity contribution is -0.131. The Balaban J connectivity index is 2.98. The van der Waals surface area contributed by atoms with Crippen LogP contribution in [0.15, 0.2) is 42.2 Å². The summed E-state index contributed by atoms with van der Waals surface area (Å²) in [4.78, 5) is 10.5. The molecule has 0 radical (unpaired) electrons. The van der Waals surface area contributed by atoms with E-state index >= 15 is 0 Å². The van der Waals surface area contributed by atoms with Gasteiger partial charge in [0.05, 0.1) is 13.2 Å². The normalized spacial score (nSPS) is 12.4. The van der Waals surface area contributed by atoms with Gasteiger partial charge in [0, 0.05) is 0 Å². The zero-order valence-corrected chi connectivity index (χ0v) is 10.2. The molecule has 0 atom stereocenters. The predicted octanol–water partition coefficient (Wildman–Crippen LogP) is 3.01. The summed E-state index contributed by atoms with van der Waals surface area (Å²) in [6, 6.07) is 8.02. The molecule has 0 aromatic heterocycles. The Kier molecular flexibility index (Phi) is 4.52. The number of carbonyl (C=O) groups is 1. The van der Waals surface area contributed by atoms with Crippen LogP contribution in [-0.2, 0) is 9.53 Å². The molecule has 1 aromatic carbocycles. The van der Waals surface area contributed by atoms with Gasteiger partial charge in [-0.05, 0) is 31.1 Å². The van der Waals surface area contributed by atoms with E-state index in [1.54, 1.807) is 6.08 Å². The number of hydrogen-bond donors (Lipinski definition) is 1. The number of aryl methyl sites for hydroxylation is 1. The van der Waals surface area contributed by atoms with Crippen molar-refractivity contribution in [2.75, 3.05) is 7.11 Å². The van der Waals surface area contributed by atoms with Crippen LogP contribution in [-0.4, -0.2) is 18.2 Å². The third kappa shape index (κ3) is 4.15. The van der Waals surface area contributed by atoms with E-state index in [1.807, 2.05) is 38.1 Å². The van der Waals surface area contributed by atoms with Crippen LogP contribution >= 0.6 is 0 Å². The first-order chi connectivity index (χ1) is 8.02. The van der Waals surface area contributed by atoms with E-state index in [4.69, 9.17) is 9.84 Å². The first-order valence-electron chi connectivity index (χ1n) is 5.27. The summed E-state index contributed by atoms with van der Waals surface area (Å²) in [5.41, 5.74) is 3.19. The van der Waals surface area contributed by atoms with Crippen molar-refractivity contribution < 1.29 is 14.6 Å². The van der Waals surface area contributed by atoms with E-state index in [-0.39, 0.29) is 0 Å². The second kappa shape index (κ2) is 5.89. The highest BCUT2D eigenvalue weighted by molar-refractivity contribution is 5.81. The van der Waals surface area contributed by atoms with Crippen LogP contribution in [0.3, 0.4) is 0 Å². The molecule has 0 aliphatic heterocycles. The fraction of sp³-hybridized carbons (Fsp3) is 0.214. The molecule has 0 saturated heterocycles. The maximum Gasteiger partial charge on any atom is 0.332 e. The van der Waals surface area contributed by atoms with Gasteiger partial charge in [-0.1, -0.05) is 29.8 Å². The smallest absolute Gasteiger partial charge is 0.332 e. The molecule has 1 rings (SSSR count). The van der Waals surface area contributed by atoms with Crippen LogP contribution < -0.4 is 0 Å². The molecule has 0 amide bonds. The number of allylic oxidation sites excluding steroid dienone is 2. The van der Waals surface area contributed by atoms with Gasteiger partial charge < -0.3 is 9.84 Å². The Morgan fingerprint density at radius 3 is 2.29 bits per heavy atom. The topological polar surface area (TPSA) is 46.5 Å². The fourth-order valence-corrected chi connectivity index (χ4v) is 1.39. The largest absolute Gasteiger partial charge is 0.496 e. The maximum absolute atomic E-state index is 10.5. The van der Waals surface area contributed by atoms with Crippen molar-refractivity contribution >= 4 is 11.5 Å². The monoisotopic (exact) mass is 232 g/mol. The third-order valence-corrected chi connectivity index (χ3v) is 2.37. The van der Waals surface area contributed by atoms with Crippen LogP contribution in [0.1, 0.15) is 18.1 Å². The van der Waals surface area contributed by atoms with Crippen molar-refractivity contribution in [1.29, 1.82) is 0 Å². The molecule has 0 unspecified atom stereocenters. The van der Waals surface area contributed by atoms with E-state index in [9.17, 15) is 4.79 Å². The third-order valence-electron chi connectivity index (χ3n) is 2.37. The van der Waals surface area contributed by atoms with Crippen LogP contribution in [0.5, 0.6) is 0 Å². The number of benzene rings is 1. The first-order valence-corrected chi connectivity index (χ1v) is 5.27. The van der Waals surface area contributed by atoms with Crippen LogP contribution in [0.4, 0.5) is 0 Å². The van der Waals surface area contributed by atoms with Crippen LogP contribution in [0, 0.1) is 6.92 Å². The van der Waals surface area contributed by atoms with Crippen molar-refractivity contribution in [3.63, 3.8) is 0 Å². The molecule has 1 aromatic rings. The van der Waals surface area contributed by atoms with E-state index < -0.39 is 5.97 Å². The number of rotatable bonds is 4. The molecule has 0 aliphatic carbocycles. The number of aliphatic carboxylic acids is 1. The highest BCUT2D eigenvalue weighted by atomic mass is 16.5. The van der Waals surface area contributed by atoms with E-state index in [1.165, 1.54) is 12.7 Å². The van der Waals surface area contributed by atoms with Gasteiger partial charge in [0.25, 0.3) is 0 Å². The maximum atomic E-state index is 10.5. The molecule has 0 aliphatic rings. The second-order valence-electron chi connectivity index (χ2n) is 3.78. The summed E-state index contributed by atoms with van der Waals surface area (Å²) < 4.78 is 4.98. The Morgan fingerprint density at radius 1 is 1.24 bits per heavy atom. The van der Waals surface area contributed by atoms with Crippen LogP contribution in [0.25, 0.3) is 5.57 Å². The molecule has 0 spiro atoms. The molecule has 17 heavy (non-hydrogen) atoms. The number of carboxylic acids is 1. The van der Waals surface area contributed by atoms with E-state index in [0.29, 0.717) is 5.76 Å². The van der Waals surface area contributed by atoms with E-state index in [2.05, 4.69) is 0 Å². The lowest BCUT2D eigenvalue weighted by Crippen LogP contribution is -1.93. The summed E-state index contributed by atoms with van der Waals surface area (Å²) in [6.07, 6.45) is 2.75. The van der Waals surface area contributed by atoms with Gasteiger partial charge in [0.1, 0.15) is 5.76 Å². The number of methoxy groups -OCH3 is 1. The Bertz CT molecular complexity index is 453. The number of hydrogen-bond acceptors (Lipinski definition) is 2. The molecule has 0 fully saturated rings. The summed E-state index contributed by atoms with van der Waals surface area (Å²) in [5.74, 6) is -0.689. The minimum Gasteiger partial charge on any atom is -0.496 e. The zero-order valence-electron chi connectivity index (χ0n) is 10.2. The van der Waals surface area contributed by atoms with Gasteiger partial charge in [-0.3, -0.25) is 0 Å². The van der Waals surface area contributed by atoms with Gasteiger partial charge in [-0.2, -0.15) is 0 Å². The number of carboxylic acid groups (broad SMARTS) is 1. The lowest BCUT2D eigenvalue weighted by Gasteiger charge is -2.04. The number of ether oxygens (including phenoxy) is 1. The Hall–Kier alpha value is -2.03. The average molecular weight is 232 g/mol. The second-order valence-corrected chi connectivity index (χ2v) is 3.78. The minimum absolute atomic E-state index is 0.329. The molecular formula is C14H16O3. The van der Waals surface area contributed by atoms with Crippen molar-refractivity contribution in [3.8, 4) is 0 Å². The standard InChI is InChI=1S/C14H16O3/c1-10-4-6-12(7-5-10)11(2)8-13(17-3)9-14(15)16/h4-9H,1-3H3,(H,15,16)/b11-8+,13-9+. The first kappa shape index (κ1) is 13.0. The summed E-state index contributed by atoms with van der Waals surface area (Å²) >= 11 is 0. The Morgan fingerprint density at radius 2 is 1.82 bits per heavy atom. The zero-order chi connectivity index (χ0) is 12.8. The summed E-state index contributed by atoms with van der Waals surface area (Å²) in [6.45, 7) is 3.94. The van der Waals surface area contributed by atoms with Gasteiger partial charge >= 0.3 is 5.97 Å². The SMILES string of the molecule is COC(=C/C(=O)O)/C=C(\C)c1ccc(C)cc1. The predicted molar refractivity (Wildman–Crippen MR) is 67.6 cm³/mol. The molecule has 3 nitrogen and oxygen atoms in total. The average Bonchev–Trinajstić information content (AvgIpc) is 2.28. The minimum atomic E-state index is -1.02. The van der Waals surface area contributed by atoms with Gasteiger partial charge in [0.15, 0.2) is 0 Å². The molecule has 0 bridgehead atoms. The van der Waals surface area contributed by atoms with Gasteiger partial charge in [-0.15, -0.1) is 0 Å². The molecular weight excluding hydrogens is 216 g/mol. The highest BCUT2D eigenvalue weighted by Gasteiger charge is 2.00. The fourth-order valence-electron chi connectivity index (χ4n) is 1.39. The van der Waals surface area contributed by atoms with Crippen molar-refractivity contribution in [3.05, 3.63) is 53.3 Å². The quantitative estimate of drug-likeness (QED) is 0.493. The molecule has 0 saturated carbocycles. The molecule has 0 heterocycles. The summed E-state index contributed by atoms with van der Waals surface area (Å²) in [7, 11) is 1.45. The van der Waals surface area contributed by atoms with Gasteiger partial charge in [0.2, 0.25) is 0 Å². The van der Waals surface area contributed by atoms with Crippen LogP contribution in [0.2, 0.25) is 0 Å². The lowest BCUT2D eigenvalue weighted by atomic mass is 10.1. The Labute approximate surface area is 101 Å².